The van der Waals surface area contributed by atoms with E-state index in [2.05, 4.69) is 17.3 Å². The lowest BCUT2D eigenvalue weighted by molar-refractivity contribution is 0.491. The lowest BCUT2D eigenvalue weighted by Gasteiger charge is -2.18. The number of benzene rings is 1. The van der Waals surface area contributed by atoms with Crippen molar-refractivity contribution in [3.05, 3.63) is 53.4 Å². The molecule has 0 aliphatic carbocycles. The van der Waals surface area contributed by atoms with Gasteiger partial charge in [-0.3, -0.25) is 4.68 Å². The molecule has 5 heteroatoms. The zero-order valence-electron chi connectivity index (χ0n) is 12.4. The molecule has 0 aliphatic rings. The minimum absolute atomic E-state index is 0.180. The van der Waals surface area contributed by atoms with E-state index in [0.29, 0.717) is 6.42 Å². The van der Waals surface area contributed by atoms with Crippen LogP contribution < -0.4 is 5.32 Å². The minimum atomic E-state index is -0.802. The fraction of sp³-hybridized carbons (Fsp3) is 0.438. The monoisotopic (exact) mass is 293 g/mol. The predicted molar refractivity (Wildman–Crippen MR) is 79.1 cm³/mol. The van der Waals surface area contributed by atoms with Gasteiger partial charge in [-0.2, -0.15) is 5.10 Å². The Bertz CT molecular complexity index is 581. The van der Waals surface area contributed by atoms with Crippen molar-refractivity contribution in [2.45, 2.75) is 32.2 Å². The van der Waals surface area contributed by atoms with Crippen LogP contribution in [0.5, 0.6) is 0 Å². The van der Waals surface area contributed by atoms with Crippen LogP contribution in [0.1, 0.15) is 24.5 Å². The molecule has 21 heavy (non-hydrogen) atoms. The highest BCUT2D eigenvalue weighted by Crippen LogP contribution is 2.13. The number of hydrogen-bond acceptors (Lipinski definition) is 2. The third-order valence-corrected chi connectivity index (χ3v) is 3.39. The third-order valence-electron chi connectivity index (χ3n) is 3.39. The second kappa shape index (κ2) is 7.31. The van der Waals surface area contributed by atoms with E-state index in [9.17, 15) is 8.78 Å². The molecule has 0 radical (unpaired) electrons. The Morgan fingerprint density at radius 2 is 1.95 bits per heavy atom. The number of aromatic nitrogens is 2. The number of nitrogens with zero attached hydrogens (tertiary/aromatic N) is 2. The summed E-state index contributed by atoms with van der Waals surface area (Å²) in [7, 11) is 1.88. The topological polar surface area (TPSA) is 29.9 Å². The maximum atomic E-state index is 13.3. The van der Waals surface area contributed by atoms with E-state index in [1.165, 1.54) is 12.1 Å². The van der Waals surface area contributed by atoms with E-state index in [1.807, 2.05) is 19.4 Å². The molecule has 1 atom stereocenters. The van der Waals surface area contributed by atoms with Crippen molar-refractivity contribution in [1.29, 1.82) is 0 Å². The van der Waals surface area contributed by atoms with Crippen molar-refractivity contribution in [2.24, 2.45) is 7.05 Å². The third kappa shape index (κ3) is 4.63. The Kier molecular flexibility index (Phi) is 5.44. The molecule has 0 fully saturated rings. The molecule has 0 spiro atoms. The zero-order chi connectivity index (χ0) is 15.2. The SMILES string of the molecule is CCCNC(Cc1ccc(F)c(F)c1)Cc1cnn(C)c1. The number of nitrogens with one attached hydrogen (secondary N) is 1. The summed E-state index contributed by atoms with van der Waals surface area (Å²) in [6, 6.07) is 4.28. The van der Waals surface area contributed by atoms with E-state index < -0.39 is 11.6 Å². The molecule has 3 nitrogen and oxygen atoms in total. The fourth-order valence-electron chi connectivity index (χ4n) is 2.38. The average molecular weight is 293 g/mol. The first-order valence-electron chi connectivity index (χ1n) is 7.23. The van der Waals surface area contributed by atoms with Gasteiger partial charge in [-0.05, 0) is 49.1 Å². The van der Waals surface area contributed by atoms with E-state index in [4.69, 9.17) is 0 Å². The first kappa shape index (κ1) is 15.6. The summed E-state index contributed by atoms with van der Waals surface area (Å²) in [4.78, 5) is 0. The molecule has 0 bridgehead atoms. The smallest absolute Gasteiger partial charge is 0.159 e. The van der Waals surface area contributed by atoms with Crippen molar-refractivity contribution >= 4 is 0 Å². The van der Waals surface area contributed by atoms with Crippen molar-refractivity contribution in [1.82, 2.24) is 15.1 Å². The molecule has 0 aliphatic heterocycles. The Balaban J connectivity index is 2.06. The van der Waals surface area contributed by atoms with Gasteiger partial charge < -0.3 is 5.32 Å². The molecular weight excluding hydrogens is 272 g/mol. The number of halogens is 2. The van der Waals surface area contributed by atoms with Crippen LogP contribution in [-0.4, -0.2) is 22.4 Å². The summed E-state index contributed by atoms with van der Waals surface area (Å²) in [6.45, 7) is 3.00. The second-order valence-electron chi connectivity index (χ2n) is 5.33. The largest absolute Gasteiger partial charge is 0.313 e. The summed E-state index contributed by atoms with van der Waals surface area (Å²) in [5, 5.41) is 7.62. The van der Waals surface area contributed by atoms with Crippen molar-refractivity contribution < 1.29 is 8.78 Å². The highest BCUT2D eigenvalue weighted by atomic mass is 19.2. The molecule has 0 amide bonds. The van der Waals surface area contributed by atoms with Crippen LogP contribution in [0.15, 0.2) is 30.6 Å². The van der Waals surface area contributed by atoms with Crippen LogP contribution in [0, 0.1) is 11.6 Å². The zero-order valence-corrected chi connectivity index (χ0v) is 12.4. The molecule has 114 valence electrons. The maximum Gasteiger partial charge on any atom is 0.159 e. The van der Waals surface area contributed by atoms with E-state index in [1.54, 1.807) is 10.7 Å². The summed E-state index contributed by atoms with van der Waals surface area (Å²) in [6.07, 6.45) is 6.32. The number of rotatable bonds is 7. The van der Waals surface area contributed by atoms with Crippen LogP contribution in [0.4, 0.5) is 8.78 Å². The molecule has 1 N–H and O–H groups in total. The van der Waals surface area contributed by atoms with Crippen LogP contribution in [0.25, 0.3) is 0 Å². The molecule has 2 rings (SSSR count). The predicted octanol–water partition coefficient (Wildman–Crippen LogP) is 2.85. The van der Waals surface area contributed by atoms with Gasteiger partial charge in [0.05, 0.1) is 6.20 Å². The van der Waals surface area contributed by atoms with Crippen molar-refractivity contribution in [3.63, 3.8) is 0 Å². The lowest BCUT2D eigenvalue weighted by Crippen LogP contribution is -2.33. The summed E-state index contributed by atoms with van der Waals surface area (Å²) in [5.74, 6) is -1.59. The van der Waals surface area contributed by atoms with Gasteiger partial charge in [0, 0.05) is 19.3 Å². The maximum absolute atomic E-state index is 13.3. The van der Waals surface area contributed by atoms with Crippen molar-refractivity contribution in [2.75, 3.05) is 6.54 Å². The highest BCUT2D eigenvalue weighted by Gasteiger charge is 2.12. The van der Waals surface area contributed by atoms with Crippen LogP contribution in [0.3, 0.4) is 0 Å². The summed E-state index contributed by atoms with van der Waals surface area (Å²) in [5.41, 5.74) is 1.93. The van der Waals surface area contributed by atoms with Crippen LogP contribution in [0.2, 0.25) is 0 Å². The second-order valence-corrected chi connectivity index (χ2v) is 5.33. The van der Waals surface area contributed by atoms with Gasteiger partial charge in [-0.25, -0.2) is 8.78 Å². The van der Waals surface area contributed by atoms with Gasteiger partial charge in [0.25, 0.3) is 0 Å². The van der Waals surface area contributed by atoms with Gasteiger partial charge in [-0.15, -0.1) is 0 Å². The molecule has 1 aromatic heterocycles. The van der Waals surface area contributed by atoms with E-state index in [0.717, 1.165) is 30.5 Å². The molecule has 1 unspecified atom stereocenters. The molecule has 1 aromatic carbocycles. The number of aryl methyl sites for hydroxylation is 1. The first-order valence-corrected chi connectivity index (χ1v) is 7.23. The Hall–Kier alpha value is -1.75. The molecule has 0 saturated carbocycles. The Morgan fingerprint density at radius 1 is 1.19 bits per heavy atom. The standard InChI is InChI=1S/C16H21F2N3/c1-3-6-19-14(8-13-10-20-21(2)11-13)7-12-4-5-15(17)16(18)9-12/h4-5,9-11,14,19H,3,6-8H2,1-2H3. The molecular formula is C16H21F2N3. The van der Waals surface area contributed by atoms with E-state index in [-0.39, 0.29) is 6.04 Å². The Morgan fingerprint density at radius 3 is 2.57 bits per heavy atom. The van der Waals surface area contributed by atoms with Crippen LogP contribution in [-0.2, 0) is 19.9 Å². The Labute approximate surface area is 124 Å². The summed E-state index contributed by atoms with van der Waals surface area (Å²) >= 11 is 0. The number of hydrogen-bond donors (Lipinski definition) is 1. The average Bonchev–Trinajstić information content (AvgIpc) is 2.85. The van der Waals surface area contributed by atoms with Gasteiger partial charge in [0.2, 0.25) is 0 Å². The molecule has 0 saturated heterocycles. The minimum Gasteiger partial charge on any atom is -0.313 e. The van der Waals surface area contributed by atoms with Crippen LogP contribution >= 0.6 is 0 Å². The van der Waals surface area contributed by atoms with Crippen molar-refractivity contribution in [3.8, 4) is 0 Å². The fourth-order valence-corrected chi connectivity index (χ4v) is 2.38. The quantitative estimate of drug-likeness (QED) is 0.850. The lowest BCUT2D eigenvalue weighted by atomic mass is 10.0. The summed E-state index contributed by atoms with van der Waals surface area (Å²) < 4.78 is 28.1. The van der Waals surface area contributed by atoms with Gasteiger partial charge >= 0.3 is 0 Å². The van der Waals surface area contributed by atoms with E-state index >= 15 is 0 Å². The molecule has 1 heterocycles. The normalized spacial score (nSPS) is 12.6. The highest BCUT2D eigenvalue weighted by molar-refractivity contribution is 5.19. The van der Waals surface area contributed by atoms with Gasteiger partial charge in [0.1, 0.15) is 0 Å². The van der Waals surface area contributed by atoms with Gasteiger partial charge in [0.15, 0.2) is 11.6 Å². The van der Waals surface area contributed by atoms with Gasteiger partial charge in [-0.1, -0.05) is 13.0 Å². The first-order chi connectivity index (χ1) is 10.1. The molecule has 2 aromatic rings.